The summed E-state index contributed by atoms with van der Waals surface area (Å²) < 4.78 is 0. The normalized spacial score (nSPS) is 42.0. The largest absolute Gasteiger partial charge is 0.300 e. The molecule has 12 heavy (non-hydrogen) atoms. The predicted octanol–water partition coefficient (Wildman–Crippen LogP) is 2.66. The molecule has 0 aromatic carbocycles. The predicted molar refractivity (Wildman–Crippen MR) is 52.2 cm³/mol. The molecule has 0 aromatic rings. The van der Waals surface area contributed by atoms with Gasteiger partial charge in [0.15, 0.2) is 0 Å². The van der Waals surface area contributed by atoms with Crippen LogP contribution in [0.2, 0.25) is 0 Å². The molecule has 70 valence electrons. The molecule has 3 atom stereocenters. The van der Waals surface area contributed by atoms with Crippen LogP contribution in [-0.2, 0) is 0 Å². The number of hydrogen-bond donors (Lipinski definition) is 0. The van der Waals surface area contributed by atoms with Crippen molar-refractivity contribution in [3.05, 3.63) is 0 Å². The lowest BCUT2D eigenvalue weighted by Crippen LogP contribution is -2.39. The fraction of sp³-hybridized carbons (Fsp3) is 1.00. The van der Waals surface area contributed by atoms with Crippen LogP contribution in [0.4, 0.5) is 0 Å². The van der Waals surface area contributed by atoms with Gasteiger partial charge in [0, 0.05) is 12.1 Å². The number of fused-ring (bicyclic) bond motifs is 2. The summed E-state index contributed by atoms with van der Waals surface area (Å²) in [4.78, 5) is 2.63. The number of piperidine rings is 1. The molecule has 0 N–H and O–H groups in total. The minimum Gasteiger partial charge on any atom is -0.300 e. The Morgan fingerprint density at radius 3 is 2.25 bits per heavy atom. The van der Waals surface area contributed by atoms with Gasteiger partial charge in [-0.05, 0) is 38.6 Å². The zero-order valence-electron chi connectivity index (χ0n) is 8.42. The van der Waals surface area contributed by atoms with Gasteiger partial charge < -0.3 is 4.90 Å². The Morgan fingerprint density at radius 2 is 1.75 bits per heavy atom. The summed E-state index contributed by atoms with van der Waals surface area (Å²) in [6.45, 7) is 2.32. The molecule has 0 radical (unpaired) electrons. The molecule has 0 aromatic heterocycles. The van der Waals surface area contributed by atoms with Crippen LogP contribution < -0.4 is 0 Å². The van der Waals surface area contributed by atoms with E-state index in [-0.39, 0.29) is 0 Å². The van der Waals surface area contributed by atoms with Crippen molar-refractivity contribution in [1.82, 2.24) is 4.90 Å². The van der Waals surface area contributed by atoms with Gasteiger partial charge in [0.2, 0.25) is 0 Å². The highest BCUT2D eigenvalue weighted by molar-refractivity contribution is 4.92. The Hall–Kier alpha value is -0.0400. The second kappa shape index (κ2) is 3.37. The third-order valence-corrected chi connectivity index (χ3v) is 3.89. The summed E-state index contributed by atoms with van der Waals surface area (Å²) in [5, 5.41) is 0. The van der Waals surface area contributed by atoms with Crippen LogP contribution in [0.5, 0.6) is 0 Å². The van der Waals surface area contributed by atoms with E-state index in [1.54, 1.807) is 0 Å². The summed E-state index contributed by atoms with van der Waals surface area (Å²) >= 11 is 0. The van der Waals surface area contributed by atoms with Crippen LogP contribution >= 0.6 is 0 Å². The standard InChI is InChI=1S/C11H21N/c1-3-4-9-7-10-5-6-11(8-9)12(10)2/h9-11H,3-8H2,1-2H3/t9?,10-,11+. The zero-order valence-corrected chi connectivity index (χ0v) is 8.42. The molecule has 1 unspecified atom stereocenters. The van der Waals surface area contributed by atoms with Crippen molar-refractivity contribution in [2.24, 2.45) is 5.92 Å². The van der Waals surface area contributed by atoms with E-state index in [4.69, 9.17) is 0 Å². The Kier molecular flexibility index (Phi) is 2.40. The fourth-order valence-electron chi connectivity index (χ4n) is 3.17. The van der Waals surface area contributed by atoms with E-state index < -0.39 is 0 Å². The molecule has 1 heteroatoms. The van der Waals surface area contributed by atoms with E-state index in [1.165, 1.54) is 38.5 Å². The first-order valence-electron chi connectivity index (χ1n) is 5.53. The maximum absolute atomic E-state index is 2.63. The number of rotatable bonds is 2. The third kappa shape index (κ3) is 1.39. The van der Waals surface area contributed by atoms with Crippen LogP contribution in [-0.4, -0.2) is 24.0 Å². The first kappa shape index (κ1) is 8.55. The molecule has 0 aliphatic carbocycles. The SMILES string of the molecule is CCCC1C[C@H]2CC[C@@H](C1)N2C. The van der Waals surface area contributed by atoms with E-state index in [1.807, 2.05) is 0 Å². The summed E-state index contributed by atoms with van der Waals surface area (Å²) in [5.74, 6) is 1.06. The highest BCUT2D eigenvalue weighted by Crippen LogP contribution is 2.38. The lowest BCUT2D eigenvalue weighted by molar-refractivity contribution is 0.129. The van der Waals surface area contributed by atoms with Crippen molar-refractivity contribution in [1.29, 1.82) is 0 Å². The molecule has 2 heterocycles. The van der Waals surface area contributed by atoms with Crippen LogP contribution in [0.1, 0.15) is 45.4 Å². The van der Waals surface area contributed by atoms with Gasteiger partial charge in [-0.25, -0.2) is 0 Å². The summed E-state index contributed by atoms with van der Waals surface area (Å²) in [6.07, 6.45) is 8.78. The Balaban J connectivity index is 1.93. The molecule has 2 aliphatic heterocycles. The van der Waals surface area contributed by atoms with Crippen LogP contribution in [0.15, 0.2) is 0 Å². The van der Waals surface area contributed by atoms with E-state index in [0.717, 1.165) is 18.0 Å². The van der Waals surface area contributed by atoms with Gasteiger partial charge in [0.1, 0.15) is 0 Å². The molecule has 0 spiro atoms. The molecule has 2 aliphatic rings. The van der Waals surface area contributed by atoms with Crippen molar-refractivity contribution >= 4 is 0 Å². The summed E-state index contributed by atoms with van der Waals surface area (Å²) in [7, 11) is 2.32. The number of hydrogen-bond acceptors (Lipinski definition) is 1. The molecule has 2 fully saturated rings. The maximum atomic E-state index is 2.63. The highest BCUT2D eigenvalue weighted by Gasteiger charge is 2.37. The Morgan fingerprint density at radius 1 is 1.17 bits per heavy atom. The monoisotopic (exact) mass is 167 g/mol. The molecule has 0 amide bonds. The van der Waals surface area contributed by atoms with Crippen molar-refractivity contribution in [3.8, 4) is 0 Å². The van der Waals surface area contributed by atoms with Crippen LogP contribution in [0.3, 0.4) is 0 Å². The van der Waals surface area contributed by atoms with E-state index in [9.17, 15) is 0 Å². The van der Waals surface area contributed by atoms with Crippen molar-refractivity contribution in [3.63, 3.8) is 0 Å². The Bertz CT molecular complexity index is 141. The first-order chi connectivity index (χ1) is 5.81. The lowest BCUT2D eigenvalue weighted by atomic mass is 9.88. The topological polar surface area (TPSA) is 3.24 Å². The van der Waals surface area contributed by atoms with E-state index in [2.05, 4.69) is 18.9 Å². The van der Waals surface area contributed by atoms with Crippen LogP contribution in [0.25, 0.3) is 0 Å². The molecule has 0 saturated carbocycles. The van der Waals surface area contributed by atoms with E-state index >= 15 is 0 Å². The summed E-state index contributed by atoms with van der Waals surface area (Å²) in [6, 6.07) is 1.89. The van der Waals surface area contributed by atoms with Gasteiger partial charge in [-0.2, -0.15) is 0 Å². The number of nitrogens with zero attached hydrogens (tertiary/aromatic N) is 1. The quantitative estimate of drug-likeness (QED) is 0.611. The minimum atomic E-state index is 0.945. The van der Waals surface area contributed by atoms with Crippen molar-refractivity contribution < 1.29 is 0 Å². The fourth-order valence-corrected chi connectivity index (χ4v) is 3.17. The second-order valence-corrected chi connectivity index (χ2v) is 4.68. The lowest BCUT2D eigenvalue weighted by Gasteiger charge is -2.36. The second-order valence-electron chi connectivity index (χ2n) is 4.68. The zero-order chi connectivity index (χ0) is 8.55. The van der Waals surface area contributed by atoms with Crippen LogP contribution in [0, 0.1) is 5.92 Å². The molecule has 2 rings (SSSR count). The van der Waals surface area contributed by atoms with Crippen molar-refractivity contribution in [2.45, 2.75) is 57.5 Å². The van der Waals surface area contributed by atoms with Gasteiger partial charge in [0.25, 0.3) is 0 Å². The van der Waals surface area contributed by atoms with Gasteiger partial charge in [-0.3, -0.25) is 0 Å². The smallest absolute Gasteiger partial charge is 0.00983 e. The van der Waals surface area contributed by atoms with Gasteiger partial charge in [-0.15, -0.1) is 0 Å². The Labute approximate surface area is 76.1 Å². The molecule has 1 nitrogen and oxygen atoms in total. The molecule has 2 saturated heterocycles. The van der Waals surface area contributed by atoms with E-state index in [0.29, 0.717) is 0 Å². The van der Waals surface area contributed by atoms with Gasteiger partial charge in [-0.1, -0.05) is 19.8 Å². The first-order valence-corrected chi connectivity index (χ1v) is 5.53. The maximum Gasteiger partial charge on any atom is 0.00983 e. The van der Waals surface area contributed by atoms with Gasteiger partial charge in [0.05, 0.1) is 0 Å². The average molecular weight is 167 g/mol. The molecule has 2 bridgehead atoms. The van der Waals surface area contributed by atoms with Gasteiger partial charge >= 0.3 is 0 Å². The highest BCUT2D eigenvalue weighted by atomic mass is 15.2. The molecular weight excluding hydrogens is 146 g/mol. The average Bonchev–Trinajstić information content (AvgIpc) is 2.33. The molecular formula is C11H21N. The van der Waals surface area contributed by atoms with Crippen molar-refractivity contribution in [2.75, 3.05) is 7.05 Å². The summed E-state index contributed by atoms with van der Waals surface area (Å²) in [5.41, 5.74) is 0. The minimum absolute atomic E-state index is 0.945. The third-order valence-electron chi connectivity index (χ3n) is 3.89.